The summed E-state index contributed by atoms with van der Waals surface area (Å²) in [5.74, 6) is -4.06. The monoisotopic (exact) mass is 462 g/mol. The number of carbonyl (C=O) groups is 1. The van der Waals surface area contributed by atoms with Crippen molar-refractivity contribution in [2.75, 3.05) is 7.11 Å². The van der Waals surface area contributed by atoms with Crippen LogP contribution in [0.25, 0.3) is 22.3 Å². The molecule has 172 valence electrons. The normalized spacial score (nSPS) is 10.7. The van der Waals surface area contributed by atoms with Crippen molar-refractivity contribution in [3.8, 4) is 33.8 Å². The molecule has 0 radical (unpaired) electrons. The van der Waals surface area contributed by atoms with E-state index in [1.165, 1.54) is 43.5 Å². The van der Waals surface area contributed by atoms with Gasteiger partial charge in [0.15, 0.2) is 23.1 Å². The number of ether oxygens (including phenoxy) is 2. The molecule has 0 atom stereocenters. The quantitative estimate of drug-likeness (QED) is 0.224. The number of halogens is 3. The van der Waals surface area contributed by atoms with Gasteiger partial charge in [0.2, 0.25) is 5.82 Å². The van der Waals surface area contributed by atoms with Crippen LogP contribution in [0.5, 0.6) is 11.5 Å². The molecule has 0 saturated heterocycles. The van der Waals surface area contributed by atoms with Crippen molar-refractivity contribution in [3.63, 3.8) is 0 Å². The van der Waals surface area contributed by atoms with E-state index in [0.717, 1.165) is 12.0 Å². The molecule has 34 heavy (non-hydrogen) atoms. The van der Waals surface area contributed by atoms with E-state index in [2.05, 4.69) is 0 Å². The first-order chi connectivity index (χ1) is 16.4. The minimum Gasteiger partial charge on any atom is -0.494 e. The van der Waals surface area contributed by atoms with Crippen LogP contribution in [0.2, 0.25) is 0 Å². The second-order valence-corrected chi connectivity index (χ2v) is 7.61. The number of hydrogen-bond acceptors (Lipinski definition) is 3. The Bertz CT molecular complexity index is 1330. The second-order valence-electron chi connectivity index (χ2n) is 7.61. The summed E-state index contributed by atoms with van der Waals surface area (Å²) < 4.78 is 53.3. The van der Waals surface area contributed by atoms with Crippen molar-refractivity contribution in [1.82, 2.24) is 0 Å². The number of esters is 1. The lowest BCUT2D eigenvalue weighted by molar-refractivity contribution is 0.0727. The fourth-order valence-electron chi connectivity index (χ4n) is 3.56. The molecule has 0 aromatic heterocycles. The summed E-state index contributed by atoms with van der Waals surface area (Å²) in [6.07, 6.45) is 0.837. The molecule has 4 aromatic carbocycles. The number of rotatable bonds is 6. The molecular formula is C28H21F3O3. The average molecular weight is 462 g/mol. The summed E-state index contributed by atoms with van der Waals surface area (Å²) in [5.41, 5.74) is 3.07. The molecule has 0 bridgehead atoms. The van der Waals surface area contributed by atoms with Gasteiger partial charge in [-0.25, -0.2) is 13.6 Å². The van der Waals surface area contributed by atoms with Gasteiger partial charge in [-0.3, -0.25) is 0 Å². The third-order valence-corrected chi connectivity index (χ3v) is 5.53. The molecular weight excluding hydrogens is 441 g/mol. The fraction of sp³-hybridized carbons (Fsp3) is 0.107. The Morgan fingerprint density at radius 1 is 0.735 bits per heavy atom. The Hall–Kier alpha value is -4.06. The van der Waals surface area contributed by atoms with Gasteiger partial charge in [0.25, 0.3) is 0 Å². The van der Waals surface area contributed by atoms with Gasteiger partial charge in [-0.1, -0.05) is 49.4 Å². The van der Waals surface area contributed by atoms with E-state index in [9.17, 15) is 18.0 Å². The number of carbonyl (C=O) groups excluding carboxylic acids is 1. The molecule has 0 spiro atoms. The molecule has 0 aliphatic carbocycles. The standard InChI is InChI=1S/C28H21F3O3/c1-3-17-4-6-19(7-5-17)22-13-15-25(27(31)26(22)30)34-28(32)20-10-8-18(9-11-20)21-12-14-24(33-2)23(29)16-21/h4-16H,3H2,1-2H3. The fourth-order valence-corrected chi connectivity index (χ4v) is 3.56. The summed E-state index contributed by atoms with van der Waals surface area (Å²) in [4.78, 5) is 12.5. The highest BCUT2D eigenvalue weighted by Crippen LogP contribution is 2.31. The van der Waals surface area contributed by atoms with Crippen LogP contribution in [0.4, 0.5) is 13.2 Å². The lowest BCUT2D eigenvalue weighted by atomic mass is 10.0. The van der Waals surface area contributed by atoms with Crippen LogP contribution in [0.3, 0.4) is 0 Å². The summed E-state index contributed by atoms with van der Waals surface area (Å²) >= 11 is 0. The number of hydrogen-bond donors (Lipinski definition) is 0. The van der Waals surface area contributed by atoms with Crippen LogP contribution < -0.4 is 9.47 Å². The molecule has 0 heterocycles. The minimum absolute atomic E-state index is 0.0797. The first-order valence-corrected chi connectivity index (χ1v) is 10.6. The molecule has 0 amide bonds. The van der Waals surface area contributed by atoms with E-state index < -0.39 is 29.2 Å². The zero-order valence-electron chi connectivity index (χ0n) is 18.6. The van der Waals surface area contributed by atoms with Crippen LogP contribution in [0.1, 0.15) is 22.8 Å². The third kappa shape index (κ3) is 4.66. The number of benzene rings is 4. The average Bonchev–Trinajstić information content (AvgIpc) is 2.87. The van der Waals surface area contributed by atoms with E-state index in [-0.39, 0.29) is 16.9 Å². The summed E-state index contributed by atoms with van der Waals surface area (Å²) in [5, 5.41) is 0. The molecule has 4 rings (SSSR count). The minimum atomic E-state index is -1.24. The SMILES string of the molecule is CCc1ccc(-c2ccc(OC(=O)c3ccc(-c4ccc(OC)c(F)c4)cc3)c(F)c2F)cc1. The lowest BCUT2D eigenvalue weighted by Gasteiger charge is -2.10. The molecule has 0 unspecified atom stereocenters. The first-order valence-electron chi connectivity index (χ1n) is 10.6. The van der Waals surface area contributed by atoms with E-state index in [1.807, 2.05) is 19.1 Å². The van der Waals surface area contributed by atoms with E-state index in [4.69, 9.17) is 9.47 Å². The lowest BCUT2D eigenvalue weighted by Crippen LogP contribution is -2.10. The molecule has 6 heteroatoms. The summed E-state index contributed by atoms with van der Waals surface area (Å²) in [7, 11) is 1.38. The zero-order chi connectivity index (χ0) is 24.2. The van der Waals surface area contributed by atoms with Crippen molar-refractivity contribution >= 4 is 5.97 Å². The molecule has 3 nitrogen and oxygen atoms in total. The van der Waals surface area contributed by atoms with Crippen molar-refractivity contribution in [2.24, 2.45) is 0 Å². The van der Waals surface area contributed by atoms with Gasteiger partial charge in [0.05, 0.1) is 12.7 Å². The van der Waals surface area contributed by atoms with Crippen LogP contribution in [0.15, 0.2) is 78.9 Å². The van der Waals surface area contributed by atoms with Gasteiger partial charge in [-0.05, 0) is 65.1 Å². The molecule has 0 saturated carbocycles. The van der Waals surface area contributed by atoms with Gasteiger partial charge in [0, 0.05) is 5.56 Å². The Labute approximate surface area is 195 Å². The van der Waals surface area contributed by atoms with Crippen molar-refractivity contribution in [2.45, 2.75) is 13.3 Å². The maximum absolute atomic E-state index is 14.7. The highest BCUT2D eigenvalue weighted by molar-refractivity contribution is 5.91. The second kappa shape index (κ2) is 9.83. The van der Waals surface area contributed by atoms with Crippen molar-refractivity contribution < 1.29 is 27.4 Å². The Kier molecular flexibility index (Phi) is 6.68. The molecule has 0 aliphatic heterocycles. The van der Waals surface area contributed by atoms with Crippen molar-refractivity contribution in [3.05, 3.63) is 107 Å². The predicted octanol–water partition coefficient (Wildman–Crippen LogP) is 7.23. The van der Waals surface area contributed by atoms with Crippen LogP contribution in [-0.2, 0) is 6.42 Å². The van der Waals surface area contributed by atoms with Gasteiger partial charge >= 0.3 is 5.97 Å². The highest BCUT2D eigenvalue weighted by atomic mass is 19.2. The third-order valence-electron chi connectivity index (χ3n) is 5.53. The molecule has 0 N–H and O–H groups in total. The Morgan fingerprint density at radius 3 is 1.97 bits per heavy atom. The summed E-state index contributed by atoms with van der Waals surface area (Å²) in [6, 6.07) is 20.4. The predicted molar refractivity (Wildman–Crippen MR) is 125 cm³/mol. The largest absolute Gasteiger partial charge is 0.494 e. The molecule has 0 fully saturated rings. The molecule has 4 aromatic rings. The highest BCUT2D eigenvalue weighted by Gasteiger charge is 2.19. The van der Waals surface area contributed by atoms with Crippen LogP contribution >= 0.6 is 0 Å². The number of methoxy groups -OCH3 is 1. The van der Waals surface area contributed by atoms with Crippen molar-refractivity contribution in [1.29, 1.82) is 0 Å². The Balaban J connectivity index is 1.52. The van der Waals surface area contributed by atoms with Crippen LogP contribution in [0, 0.1) is 17.5 Å². The zero-order valence-corrected chi connectivity index (χ0v) is 18.6. The first kappa shape index (κ1) is 23.1. The van der Waals surface area contributed by atoms with Gasteiger partial charge in [-0.2, -0.15) is 4.39 Å². The van der Waals surface area contributed by atoms with Gasteiger partial charge in [-0.15, -0.1) is 0 Å². The summed E-state index contributed by atoms with van der Waals surface area (Å²) in [6.45, 7) is 2.00. The van der Waals surface area contributed by atoms with Crippen LogP contribution in [-0.4, -0.2) is 13.1 Å². The van der Waals surface area contributed by atoms with Gasteiger partial charge < -0.3 is 9.47 Å². The smallest absolute Gasteiger partial charge is 0.343 e. The molecule has 0 aliphatic rings. The van der Waals surface area contributed by atoms with E-state index in [1.54, 1.807) is 30.3 Å². The topological polar surface area (TPSA) is 35.5 Å². The number of aryl methyl sites for hydroxylation is 1. The maximum Gasteiger partial charge on any atom is 0.343 e. The Morgan fingerprint density at radius 2 is 1.35 bits per heavy atom. The van der Waals surface area contributed by atoms with Gasteiger partial charge in [0.1, 0.15) is 0 Å². The van der Waals surface area contributed by atoms with E-state index in [0.29, 0.717) is 16.7 Å². The van der Waals surface area contributed by atoms with E-state index >= 15 is 0 Å². The maximum atomic E-state index is 14.7.